The largest absolute Gasteiger partial charge is 0.466 e. The monoisotopic (exact) mass is 1150 g/mol. The van der Waals surface area contributed by atoms with E-state index in [2.05, 4.69) is 31.3 Å². The molecule has 0 aromatic heterocycles. The van der Waals surface area contributed by atoms with E-state index in [0.717, 1.165) is 38.5 Å². The molecular weight excluding hydrogens is 1010 g/mol. The van der Waals surface area contributed by atoms with Crippen LogP contribution in [-0.4, -0.2) is 47.4 Å². The predicted octanol–water partition coefficient (Wildman–Crippen LogP) is 24.5. The summed E-state index contributed by atoms with van der Waals surface area (Å²) in [6, 6.07) is -0.624. The maximum Gasteiger partial charge on any atom is 0.305 e. The SMILES string of the molecule is CCCCCCCCCCCCC/C=C/C(O)C(CO)NC(=O)CCCCCCCCCCCCCCCCCCC/C=C\CCCCCCCCCCCCCCCCCCOC(=O)CCCCCCCCCCCCCCCCC. The number of hydrogen-bond donors (Lipinski definition) is 3. The van der Waals surface area contributed by atoms with Gasteiger partial charge in [0.05, 0.1) is 25.4 Å². The standard InChI is InChI=1S/C76H147NO5/c1-3-5-7-9-11-13-15-17-41-46-50-54-58-62-66-70-76(81)82-71-67-63-59-55-51-47-43-40-38-36-34-32-30-28-26-24-22-20-18-19-21-23-25-27-29-31-33-35-37-39-42-45-49-53-57-61-65-69-75(80)77-73(72-78)74(79)68-64-60-56-52-48-44-16-14-12-10-8-6-4-2/h18,20,64,68,73-74,78-79H,3-17,19,21-63,65-67,69-72H2,1-2H3,(H,77,80)/b20-18-,68-64+. The molecule has 0 aromatic carbocycles. The number of ether oxygens (including phenoxy) is 1. The molecule has 0 rings (SSSR count). The number of aliphatic hydroxyl groups excluding tert-OH is 2. The highest BCUT2D eigenvalue weighted by atomic mass is 16.5. The van der Waals surface area contributed by atoms with E-state index in [1.807, 2.05) is 6.08 Å². The number of unbranched alkanes of at least 4 members (excludes halogenated alkanes) is 58. The van der Waals surface area contributed by atoms with E-state index in [4.69, 9.17) is 4.74 Å². The minimum Gasteiger partial charge on any atom is -0.466 e. The zero-order chi connectivity index (χ0) is 59.2. The van der Waals surface area contributed by atoms with Crippen molar-refractivity contribution in [1.29, 1.82) is 0 Å². The second-order valence-electron chi connectivity index (χ2n) is 26.0. The highest BCUT2D eigenvalue weighted by Crippen LogP contribution is 2.19. The van der Waals surface area contributed by atoms with E-state index in [1.54, 1.807) is 6.08 Å². The van der Waals surface area contributed by atoms with E-state index in [-0.39, 0.29) is 18.5 Å². The molecule has 0 bridgehead atoms. The first-order valence-electron chi connectivity index (χ1n) is 37.6. The van der Waals surface area contributed by atoms with Crippen LogP contribution in [0.2, 0.25) is 0 Å². The topological polar surface area (TPSA) is 95.9 Å². The third kappa shape index (κ3) is 67.5. The lowest BCUT2D eigenvalue weighted by molar-refractivity contribution is -0.143. The fourth-order valence-corrected chi connectivity index (χ4v) is 12.0. The quantitative estimate of drug-likeness (QED) is 0.0320. The molecule has 0 radical (unpaired) electrons. The third-order valence-electron chi connectivity index (χ3n) is 17.7. The van der Waals surface area contributed by atoms with Gasteiger partial charge >= 0.3 is 5.97 Å². The molecule has 2 unspecified atom stereocenters. The summed E-state index contributed by atoms with van der Waals surface area (Å²) in [7, 11) is 0. The molecule has 0 saturated heterocycles. The zero-order valence-electron chi connectivity index (χ0n) is 55.8. The smallest absolute Gasteiger partial charge is 0.305 e. The van der Waals surface area contributed by atoms with Crippen molar-refractivity contribution >= 4 is 11.9 Å². The molecule has 2 atom stereocenters. The van der Waals surface area contributed by atoms with Crippen molar-refractivity contribution in [3.8, 4) is 0 Å². The van der Waals surface area contributed by atoms with Gasteiger partial charge < -0.3 is 20.3 Å². The van der Waals surface area contributed by atoms with Crippen molar-refractivity contribution in [2.24, 2.45) is 0 Å². The van der Waals surface area contributed by atoms with Crippen molar-refractivity contribution < 1.29 is 24.5 Å². The van der Waals surface area contributed by atoms with Crippen LogP contribution in [0.15, 0.2) is 24.3 Å². The molecule has 0 heterocycles. The van der Waals surface area contributed by atoms with Gasteiger partial charge in [0.2, 0.25) is 5.91 Å². The molecule has 0 fully saturated rings. The second-order valence-corrected chi connectivity index (χ2v) is 26.0. The normalized spacial score (nSPS) is 12.6. The van der Waals surface area contributed by atoms with Crippen molar-refractivity contribution in [2.45, 2.75) is 437 Å². The molecule has 0 aliphatic heterocycles. The van der Waals surface area contributed by atoms with Crippen LogP contribution in [0.1, 0.15) is 425 Å². The molecule has 486 valence electrons. The van der Waals surface area contributed by atoms with Gasteiger partial charge in [-0.3, -0.25) is 9.59 Å². The van der Waals surface area contributed by atoms with Gasteiger partial charge in [0.25, 0.3) is 0 Å². The average molecular weight is 1160 g/mol. The Morgan fingerprint density at radius 1 is 0.329 bits per heavy atom. The van der Waals surface area contributed by atoms with Gasteiger partial charge in [-0.1, -0.05) is 378 Å². The third-order valence-corrected chi connectivity index (χ3v) is 17.7. The van der Waals surface area contributed by atoms with Crippen LogP contribution in [0, 0.1) is 0 Å². The highest BCUT2D eigenvalue weighted by Gasteiger charge is 2.18. The van der Waals surface area contributed by atoms with Crippen LogP contribution in [-0.2, 0) is 14.3 Å². The minimum absolute atomic E-state index is 0.0249. The Morgan fingerprint density at radius 2 is 0.573 bits per heavy atom. The molecule has 3 N–H and O–H groups in total. The Kier molecular flexibility index (Phi) is 70.4. The molecule has 0 aliphatic carbocycles. The average Bonchev–Trinajstić information content (AvgIpc) is 3.48. The second kappa shape index (κ2) is 71.8. The van der Waals surface area contributed by atoms with Crippen LogP contribution in [0.5, 0.6) is 0 Å². The van der Waals surface area contributed by atoms with Crippen LogP contribution in [0.25, 0.3) is 0 Å². The number of hydrogen-bond acceptors (Lipinski definition) is 5. The van der Waals surface area contributed by atoms with Gasteiger partial charge in [0, 0.05) is 12.8 Å². The summed E-state index contributed by atoms with van der Waals surface area (Å²) in [5, 5.41) is 23.1. The van der Waals surface area contributed by atoms with Crippen LogP contribution >= 0.6 is 0 Å². The summed E-state index contributed by atoms with van der Waals surface area (Å²) in [4.78, 5) is 24.6. The van der Waals surface area contributed by atoms with Crippen LogP contribution in [0.4, 0.5) is 0 Å². The van der Waals surface area contributed by atoms with Gasteiger partial charge in [0.1, 0.15) is 0 Å². The summed E-state index contributed by atoms with van der Waals surface area (Å²) in [6.45, 7) is 4.94. The van der Waals surface area contributed by atoms with Gasteiger partial charge in [-0.15, -0.1) is 0 Å². The Hall–Kier alpha value is -1.66. The van der Waals surface area contributed by atoms with E-state index in [0.29, 0.717) is 19.4 Å². The lowest BCUT2D eigenvalue weighted by Gasteiger charge is -2.20. The first-order valence-corrected chi connectivity index (χ1v) is 37.6. The maximum atomic E-state index is 12.5. The lowest BCUT2D eigenvalue weighted by Crippen LogP contribution is -2.45. The summed E-state index contributed by atoms with van der Waals surface area (Å²) in [6.07, 6.45) is 91.5. The van der Waals surface area contributed by atoms with Crippen molar-refractivity contribution in [2.75, 3.05) is 13.2 Å². The van der Waals surface area contributed by atoms with Crippen LogP contribution in [0.3, 0.4) is 0 Å². The molecule has 1 amide bonds. The van der Waals surface area contributed by atoms with Gasteiger partial charge in [-0.2, -0.15) is 0 Å². The molecule has 0 aliphatic rings. The Labute approximate surface area is 513 Å². The Balaban J connectivity index is 3.32. The highest BCUT2D eigenvalue weighted by molar-refractivity contribution is 5.76. The number of esters is 1. The Bertz CT molecular complexity index is 1280. The maximum absolute atomic E-state index is 12.5. The number of nitrogens with one attached hydrogen (secondary N) is 1. The molecule has 82 heavy (non-hydrogen) atoms. The molecule has 0 saturated carbocycles. The summed E-state index contributed by atoms with van der Waals surface area (Å²) < 4.78 is 5.50. The van der Waals surface area contributed by atoms with Gasteiger partial charge in [0.15, 0.2) is 0 Å². The van der Waals surface area contributed by atoms with Crippen molar-refractivity contribution in [1.82, 2.24) is 5.32 Å². The van der Waals surface area contributed by atoms with Crippen molar-refractivity contribution in [3.05, 3.63) is 24.3 Å². The molecular formula is C76H147NO5. The lowest BCUT2D eigenvalue weighted by atomic mass is 10.0. The fourth-order valence-electron chi connectivity index (χ4n) is 12.0. The van der Waals surface area contributed by atoms with E-state index < -0.39 is 12.1 Å². The van der Waals surface area contributed by atoms with E-state index in [9.17, 15) is 19.8 Å². The van der Waals surface area contributed by atoms with Gasteiger partial charge in [-0.25, -0.2) is 0 Å². The first-order chi connectivity index (χ1) is 40.5. The Morgan fingerprint density at radius 3 is 0.866 bits per heavy atom. The molecule has 6 heteroatoms. The number of carbonyl (C=O) groups is 2. The van der Waals surface area contributed by atoms with Crippen LogP contribution < -0.4 is 5.32 Å². The number of carbonyl (C=O) groups excluding carboxylic acids is 2. The molecule has 0 spiro atoms. The van der Waals surface area contributed by atoms with Crippen molar-refractivity contribution in [3.63, 3.8) is 0 Å². The van der Waals surface area contributed by atoms with E-state index >= 15 is 0 Å². The summed E-state index contributed by atoms with van der Waals surface area (Å²) >= 11 is 0. The summed E-state index contributed by atoms with van der Waals surface area (Å²) in [5.41, 5.74) is 0. The molecule has 0 aromatic rings. The number of allylic oxidation sites excluding steroid dienone is 3. The molecule has 6 nitrogen and oxygen atoms in total. The number of rotatable bonds is 71. The van der Waals surface area contributed by atoms with Gasteiger partial charge in [-0.05, 0) is 57.8 Å². The first kappa shape index (κ1) is 80.3. The minimum atomic E-state index is -0.840. The fraction of sp³-hybridized carbons (Fsp3) is 0.921. The summed E-state index contributed by atoms with van der Waals surface area (Å²) in [5.74, 6) is -0.0372. The predicted molar refractivity (Wildman–Crippen MR) is 361 cm³/mol. The van der Waals surface area contributed by atoms with E-state index in [1.165, 1.54) is 360 Å². The number of amides is 1. The zero-order valence-corrected chi connectivity index (χ0v) is 55.8. The number of aliphatic hydroxyl groups is 2.